The number of morpholine rings is 1. The van der Waals surface area contributed by atoms with E-state index in [2.05, 4.69) is 69.3 Å². The van der Waals surface area contributed by atoms with E-state index < -0.39 is 26.1 Å². The van der Waals surface area contributed by atoms with Crippen molar-refractivity contribution in [1.82, 2.24) is 30.1 Å². The normalized spacial score (nSPS) is 17.3. The zero-order chi connectivity index (χ0) is 28.4. The second-order valence-electron chi connectivity index (χ2n) is 11.1. The molecule has 0 radical (unpaired) electrons. The molecule has 39 heavy (non-hydrogen) atoms. The van der Waals surface area contributed by atoms with Crippen LogP contribution in [0.5, 0.6) is 5.88 Å². The van der Waals surface area contributed by atoms with Gasteiger partial charge in [-0.2, -0.15) is 19.5 Å². The van der Waals surface area contributed by atoms with Crippen molar-refractivity contribution in [3.05, 3.63) is 41.6 Å². The maximum atomic E-state index is 16.0. The Morgan fingerprint density at radius 2 is 1.95 bits per heavy atom. The van der Waals surface area contributed by atoms with Crippen LogP contribution < -0.4 is 15.0 Å². The number of halogens is 2. The van der Waals surface area contributed by atoms with Crippen LogP contribution in [0.25, 0.3) is 0 Å². The first-order valence-corrected chi connectivity index (χ1v) is 15.7. The molecule has 3 aromatic heterocycles. The fourth-order valence-corrected chi connectivity index (χ4v) is 4.72. The highest BCUT2D eigenvalue weighted by molar-refractivity contribution is 6.74. The molecule has 2 N–H and O–H groups in total. The first-order valence-electron chi connectivity index (χ1n) is 12.8. The van der Waals surface area contributed by atoms with Crippen molar-refractivity contribution in [3.8, 4) is 5.88 Å². The van der Waals surface area contributed by atoms with E-state index in [9.17, 15) is 4.39 Å². The molecule has 2 atom stereocenters. The lowest BCUT2D eigenvalue weighted by atomic mass is 10.2. The van der Waals surface area contributed by atoms with Crippen LogP contribution in [-0.2, 0) is 9.16 Å². The minimum Gasteiger partial charge on any atom is -0.464 e. The number of rotatable bonds is 9. The highest BCUT2D eigenvalue weighted by Gasteiger charge is 2.39. The zero-order valence-electron chi connectivity index (χ0n) is 23.4. The molecule has 1 aliphatic rings. The minimum atomic E-state index is -2.06. The van der Waals surface area contributed by atoms with Gasteiger partial charge in [-0.3, -0.25) is 5.10 Å². The molecule has 1 saturated heterocycles. The smallest absolute Gasteiger partial charge is 0.258 e. The third kappa shape index (κ3) is 6.86. The van der Waals surface area contributed by atoms with Crippen LogP contribution in [0.2, 0.25) is 18.1 Å². The van der Waals surface area contributed by atoms with Crippen LogP contribution in [-0.4, -0.2) is 70.9 Å². The predicted octanol–water partition coefficient (Wildman–Crippen LogP) is 4.69. The maximum absolute atomic E-state index is 16.0. The number of nitrogens with one attached hydrogen (secondary N) is 2. The molecule has 0 saturated carbocycles. The van der Waals surface area contributed by atoms with Gasteiger partial charge >= 0.3 is 0 Å². The van der Waals surface area contributed by atoms with Crippen LogP contribution >= 0.6 is 0 Å². The first-order chi connectivity index (χ1) is 18.3. The van der Waals surface area contributed by atoms with E-state index in [-0.39, 0.29) is 34.6 Å². The largest absolute Gasteiger partial charge is 0.464 e. The Labute approximate surface area is 227 Å². The van der Waals surface area contributed by atoms with Gasteiger partial charge < -0.3 is 24.1 Å². The van der Waals surface area contributed by atoms with Crippen molar-refractivity contribution in [2.75, 3.05) is 36.6 Å². The van der Waals surface area contributed by atoms with E-state index >= 15 is 4.39 Å². The summed E-state index contributed by atoms with van der Waals surface area (Å²) >= 11 is 0. The van der Waals surface area contributed by atoms with Crippen molar-refractivity contribution in [1.29, 1.82) is 0 Å². The average molecular weight is 563 g/mol. The van der Waals surface area contributed by atoms with Gasteiger partial charge in [-0.15, -0.1) is 0 Å². The van der Waals surface area contributed by atoms with Gasteiger partial charge in [-0.1, -0.05) is 20.8 Å². The van der Waals surface area contributed by atoms with E-state index in [0.29, 0.717) is 32.2 Å². The fourth-order valence-electron chi connectivity index (χ4n) is 3.68. The molecule has 0 amide bonds. The highest BCUT2D eigenvalue weighted by Crippen LogP contribution is 2.37. The Morgan fingerprint density at radius 3 is 2.59 bits per heavy atom. The molecule has 4 heterocycles. The standard InChI is InChI=1S/C25H36F2N8O3Si/c1-15-10-19(34-33-15)30-24-31-22(20(27)23(32-24)38-16(2)21-28-11-17(26)12-29-21)35-8-9-36-13-18(35)14-37-39(6,7)25(3,4)5/h10-12,16,18H,8-9,13-14H2,1-7H3,(H2,30,31,32,33,34). The molecule has 11 nitrogen and oxygen atoms in total. The highest BCUT2D eigenvalue weighted by atomic mass is 28.4. The van der Waals surface area contributed by atoms with Gasteiger partial charge in [0.2, 0.25) is 11.8 Å². The maximum Gasteiger partial charge on any atom is 0.258 e. The number of aromatic nitrogens is 6. The SMILES string of the molecule is Cc1cc(Nc2nc(OC(C)c3ncc(F)cn3)c(F)c(N3CCOCC3CO[Si](C)(C)C(C)(C)C)n2)n[nH]1. The lowest BCUT2D eigenvalue weighted by molar-refractivity contribution is 0.0735. The summed E-state index contributed by atoms with van der Waals surface area (Å²) in [6, 6.07) is 1.50. The summed E-state index contributed by atoms with van der Waals surface area (Å²) in [5.41, 5.74) is 0.828. The summed E-state index contributed by atoms with van der Waals surface area (Å²) in [4.78, 5) is 18.5. The number of anilines is 3. The third-order valence-electron chi connectivity index (χ3n) is 6.98. The summed E-state index contributed by atoms with van der Waals surface area (Å²) in [5, 5.41) is 10.0. The molecule has 0 bridgehead atoms. The van der Waals surface area contributed by atoms with Crippen LogP contribution in [0.4, 0.5) is 26.4 Å². The lowest BCUT2D eigenvalue weighted by Crippen LogP contribution is -2.52. The summed E-state index contributed by atoms with van der Waals surface area (Å²) in [5.74, 6) is -0.839. The Balaban J connectivity index is 1.67. The number of H-pyrrole nitrogens is 1. The summed E-state index contributed by atoms with van der Waals surface area (Å²) < 4.78 is 47.4. The van der Waals surface area contributed by atoms with Crippen LogP contribution in [0, 0.1) is 18.6 Å². The molecule has 0 aliphatic carbocycles. The molecule has 2 unspecified atom stereocenters. The van der Waals surface area contributed by atoms with Crippen molar-refractivity contribution in [3.63, 3.8) is 0 Å². The number of ether oxygens (including phenoxy) is 2. The van der Waals surface area contributed by atoms with E-state index in [1.165, 1.54) is 0 Å². The van der Waals surface area contributed by atoms with E-state index in [1.54, 1.807) is 13.0 Å². The molecule has 4 rings (SSSR count). The Hall–Kier alpha value is -3.23. The topological polar surface area (TPSA) is 123 Å². The fraction of sp³-hybridized carbons (Fsp3) is 0.560. The monoisotopic (exact) mass is 562 g/mol. The van der Waals surface area contributed by atoms with E-state index in [0.717, 1.165) is 18.1 Å². The van der Waals surface area contributed by atoms with Crippen molar-refractivity contribution in [2.24, 2.45) is 0 Å². The minimum absolute atomic E-state index is 0.0197. The molecule has 14 heteroatoms. The number of aryl methyl sites for hydroxylation is 1. The third-order valence-corrected chi connectivity index (χ3v) is 11.5. The number of nitrogens with zero attached hydrogens (tertiary/aromatic N) is 6. The Morgan fingerprint density at radius 1 is 1.23 bits per heavy atom. The molecule has 0 aromatic carbocycles. The Kier molecular flexibility index (Phi) is 8.47. The quantitative estimate of drug-likeness (QED) is 0.355. The predicted molar refractivity (Wildman–Crippen MR) is 145 cm³/mol. The second-order valence-corrected chi connectivity index (χ2v) is 15.9. The molecule has 212 valence electrons. The lowest BCUT2D eigenvalue weighted by Gasteiger charge is -2.41. The van der Waals surface area contributed by atoms with Crippen LogP contribution in [0.15, 0.2) is 18.5 Å². The molecule has 3 aromatic rings. The summed E-state index contributed by atoms with van der Waals surface area (Å²) in [7, 11) is -2.06. The van der Waals surface area contributed by atoms with Gasteiger partial charge in [-0.25, -0.2) is 14.4 Å². The van der Waals surface area contributed by atoms with Crippen molar-refractivity contribution >= 4 is 25.9 Å². The zero-order valence-corrected chi connectivity index (χ0v) is 24.4. The van der Waals surface area contributed by atoms with E-state index in [4.69, 9.17) is 13.9 Å². The molecule has 0 spiro atoms. The molecular weight excluding hydrogens is 526 g/mol. The summed E-state index contributed by atoms with van der Waals surface area (Å²) in [6.45, 7) is 15.9. The van der Waals surface area contributed by atoms with Gasteiger partial charge in [-0.05, 0) is 32.0 Å². The van der Waals surface area contributed by atoms with Crippen LogP contribution in [0.1, 0.15) is 45.3 Å². The molecular formula is C25H36F2N8O3Si. The summed E-state index contributed by atoms with van der Waals surface area (Å²) in [6.07, 6.45) is 1.24. The number of hydrogen-bond donors (Lipinski definition) is 2. The number of aromatic amines is 1. The molecule has 1 aliphatic heterocycles. The van der Waals surface area contributed by atoms with Gasteiger partial charge in [0, 0.05) is 18.3 Å². The van der Waals surface area contributed by atoms with Gasteiger partial charge in [0.1, 0.15) is 0 Å². The second kappa shape index (κ2) is 11.5. The Bertz CT molecular complexity index is 1270. The average Bonchev–Trinajstić information content (AvgIpc) is 3.28. The van der Waals surface area contributed by atoms with Crippen molar-refractivity contribution < 1.29 is 22.7 Å². The molecule has 1 fully saturated rings. The number of hydrogen-bond acceptors (Lipinski definition) is 10. The van der Waals surface area contributed by atoms with Crippen LogP contribution in [0.3, 0.4) is 0 Å². The first kappa shape index (κ1) is 28.8. The van der Waals surface area contributed by atoms with Gasteiger partial charge in [0.05, 0.1) is 38.3 Å². The van der Waals surface area contributed by atoms with Crippen molar-refractivity contribution in [2.45, 2.75) is 64.9 Å². The van der Waals surface area contributed by atoms with Gasteiger partial charge in [0.25, 0.3) is 5.88 Å². The van der Waals surface area contributed by atoms with E-state index in [1.807, 2.05) is 11.8 Å². The van der Waals surface area contributed by atoms with Gasteiger partial charge in [0.15, 0.2) is 37.7 Å².